The van der Waals surface area contributed by atoms with Crippen LogP contribution in [0.15, 0.2) is 53.2 Å². The largest absolute Gasteiger partial charge is 0.461 e. The van der Waals surface area contributed by atoms with Crippen LogP contribution in [0.25, 0.3) is 11.3 Å². The highest BCUT2D eigenvalue weighted by molar-refractivity contribution is 5.94. The van der Waals surface area contributed by atoms with Gasteiger partial charge in [0.1, 0.15) is 17.3 Å². The highest BCUT2D eigenvalue weighted by Gasteiger charge is 2.27. The third kappa shape index (κ3) is 3.54. The Bertz CT molecular complexity index is 923. The molecule has 4 rings (SSSR count). The third-order valence-corrected chi connectivity index (χ3v) is 5.32. The molecule has 1 amide bonds. The maximum Gasteiger partial charge on any atom is 0.253 e. The van der Waals surface area contributed by atoms with E-state index in [1.165, 1.54) is 0 Å². The maximum atomic E-state index is 13.0. The van der Waals surface area contributed by atoms with Crippen LogP contribution < -0.4 is 0 Å². The van der Waals surface area contributed by atoms with E-state index in [4.69, 9.17) is 4.42 Å². The van der Waals surface area contributed by atoms with E-state index in [1.54, 1.807) is 0 Å². The van der Waals surface area contributed by atoms with E-state index in [9.17, 15) is 4.79 Å². The van der Waals surface area contributed by atoms with Gasteiger partial charge in [-0.2, -0.15) is 0 Å². The number of furan rings is 1. The summed E-state index contributed by atoms with van der Waals surface area (Å²) in [4.78, 5) is 19.5. The first-order valence-corrected chi connectivity index (χ1v) is 9.63. The van der Waals surface area contributed by atoms with Crippen molar-refractivity contribution in [2.24, 2.45) is 0 Å². The van der Waals surface area contributed by atoms with Crippen LogP contribution in [0.1, 0.15) is 47.6 Å². The second-order valence-corrected chi connectivity index (χ2v) is 7.15. The molecule has 5 nitrogen and oxygen atoms in total. The van der Waals surface area contributed by atoms with Gasteiger partial charge in [-0.25, -0.2) is 4.98 Å². The predicted octanol–water partition coefficient (Wildman–Crippen LogP) is 4.49. The lowest BCUT2D eigenvalue weighted by molar-refractivity contribution is 0.0703. The van der Waals surface area contributed by atoms with E-state index in [0.29, 0.717) is 5.92 Å². The molecule has 1 aliphatic heterocycles. The average molecular weight is 363 g/mol. The monoisotopic (exact) mass is 363 g/mol. The highest BCUT2D eigenvalue weighted by Crippen LogP contribution is 2.28. The number of carbonyl (C=O) groups is 1. The maximum absolute atomic E-state index is 13.0. The van der Waals surface area contributed by atoms with Crippen molar-refractivity contribution in [2.75, 3.05) is 13.1 Å². The van der Waals surface area contributed by atoms with Crippen molar-refractivity contribution >= 4 is 5.91 Å². The van der Waals surface area contributed by atoms with Gasteiger partial charge in [0, 0.05) is 49.1 Å². The van der Waals surface area contributed by atoms with Crippen LogP contribution in [0.2, 0.25) is 0 Å². The second kappa shape index (κ2) is 7.43. The summed E-state index contributed by atoms with van der Waals surface area (Å²) >= 11 is 0. The fraction of sp³-hybridized carbons (Fsp3) is 0.364. The van der Waals surface area contributed by atoms with Crippen LogP contribution in [-0.2, 0) is 6.54 Å². The Morgan fingerprint density at radius 2 is 2.04 bits per heavy atom. The first kappa shape index (κ1) is 17.6. The Morgan fingerprint density at radius 1 is 1.22 bits per heavy atom. The summed E-state index contributed by atoms with van der Waals surface area (Å²) in [5.74, 6) is 3.21. The van der Waals surface area contributed by atoms with Crippen LogP contribution in [0.3, 0.4) is 0 Å². The second-order valence-electron chi connectivity index (χ2n) is 7.15. The van der Waals surface area contributed by atoms with Gasteiger partial charge >= 0.3 is 0 Å². The van der Waals surface area contributed by atoms with E-state index in [-0.39, 0.29) is 5.91 Å². The minimum atomic E-state index is 0.0940. The molecule has 0 unspecified atom stereocenters. The SMILES string of the molecule is CCn1ccnc1[C@@H]1CCCN(C(=O)c2ccc(-c3ccc(C)o3)cc2)C1. The molecule has 1 aromatic carbocycles. The van der Waals surface area contributed by atoms with Gasteiger partial charge in [-0.15, -0.1) is 0 Å². The standard InChI is InChI=1S/C22H25N3O2/c1-3-24-14-12-23-21(24)19-5-4-13-25(15-19)22(26)18-9-7-17(8-10-18)20-11-6-16(2)27-20/h6-12,14,19H,3-5,13,15H2,1-2H3/t19-/m1/s1. The van der Waals surface area contributed by atoms with Crippen LogP contribution in [0.5, 0.6) is 0 Å². The molecule has 2 aromatic heterocycles. The van der Waals surface area contributed by atoms with Gasteiger partial charge in [-0.05, 0) is 51.0 Å². The molecule has 0 spiro atoms. The molecule has 1 fully saturated rings. The van der Waals surface area contributed by atoms with Crippen LogP contribution in [-0.4, -0.2) is 33.4 Å². The number of carbonyl (C=O) groups excluding carboxylic acids is 1. The van der Waals surface area contributed by atoms with E-state index in [0.717, 1.165) is 60.9 Å². The van der Waals surface area contributed by atoms with Crippen molar-refractivity contribution in [1.82, 2.24) is 14.5 Å². The Kier molecular flexibility index (Phi) is 4.84. The van der Waals surface area contributed by atoms with Crippen LogP contribution in [0, 0.1) is 6.92 Å². The molecule has 27 heavy (non-hydrogen) atoms. The predicted molar refractivity (Wildman–Crippen MR) is 105 cm³/mol. The molecule has 5 heteroatoms. The lowest BCUT2D eigenvalue weighted by atomic mass is 9.96. The average Bonchev–Trinajstić information content (AvgIpc) is 3.36. The van der Waals surface area contributed by atoms with Crippen molar-refractivity contribution in [3.05, 3.63) is 65.9 Å². The molecule has 0 N–H and O–H groups in total. The van der Waals surface area contributed by atoms with Crippen molar-refractivity contribution in [3.63, 3.8) is 0 Å². The van der Waals surface area contributed by atoms with Crippen molar-refractivity contribution in [2.45, 2.75) is 39.2 Å². The topological polar surface area (TPSA) is 51.3 Å². The normalized spacial score (nSPS) is 17.3. The lowest BCUT2D eigenvalue weighted by Crippen LogP contribution is -2.39. The van der Waals surface area contributed by atoms with Crippen molar-refractivity contribution < 1.29 is 9.21 Å². The minimum Gasteiger partial charge on any atom is -0.461 e. The van der Waals surface area contributed by atoms with Crippen molar-refractivity contribution in [3.8, 4) is 11.3 Å². The molecule has 1 atom stereocenters. The van der Waals surface area contributed by atoms with E-state index in [1.807, 2.05) is 60.6 Å². The number of hydrogen-bond donors (Lipinski definition) is 0. The lowest BCUT2D eigenvalue weighted by Gasteiger charge is -2.32. The van der Waals surface area contributed by atoms with E-state index >= 15 is 0 Å². The Labute approximate surface area is 159 Å². The molecular weight excluding hydrogens is 338 g/mol. The fourth-order valence-corrected chi connectivity index (χ4v) is 3.87. The summed E-state index contributed by atoms with van der Waals surface area (Å²) in [5.41, 5.74) is 1.71. The molecule has 3 heterocycles. The zero-order valence-corrected chi connectivity index (χ0v) is 15.9. The first-order chi connectivity index (χ1) is 13.2. The van der Waals surface area contributed by atoms with E-state index < -0.39 is 0 Å². The zero-order valence-electron chi connectivity index (χ0n) is 15.9. The Morgan fingerprint density at radius 3 is 2.74 bits per heavy atom. The number of piperidine rings is 1. The number of hydrogen-bond acceptors (Lipinski definition) is 3. The number of nitrogens with zero attached hydrogens (tertiary/aromatic N) is 3. The molecule has 0 saturated carbocycles. The molecule has 140 valence electrons. The Hall–Kier alpha value is -2.82. The fourth-order valence-electron chi connectivity index (χ4n) is 3.87. The molecule has 0 bridgehead atoms. The Balaban J connectivity index is 1.49. The molecule has 1 saturated heterocycles. The summed E-state index contributed by atoms with van der Waals surface area (Å²) in [5, 5.41) is 0. The van der Waals surface area contributed by atoms with Crippen LogP contribution >= 0.6 is 0 Å². The molecular formula is C22H25N3O2. The molecule has 0 radical (unpaired) electrons. The highest BCUT2D eigenvalue weighted by atomic mass is 16.3. The number of likely N-dealkylation sites (tertiary alicyclic amines) is 1. The summed E-state index contributed by atoms with van der Waals surface area (Å²) in [6.07, 6.45) is 5.97. The van der Waals surface area contributed by atoms with Crippen molar-refractivity contribution in [1.29, 1.82) is 0 Å². The minimum absolute atomic E-state index is 0.0940. The van der Waals surface area contributed by atoms with Gasteiger partial charge in [0.2, 0.25) is 0 Å². The number of rotatable bonds is 4. The van der Waals surface area contributed by atoms with Crippen LogP contribution in [0.4, 0.5) is 0 Å². The van der Waals surface area contributed by atoms with Gasteiger partial charge in [0.25, 0.3) is 5.91 Å². The summed E-state index contributed by atoms with van der Waals surface area (Å²) < 4.78 is 7.84. The molecule has 3 aromatic rings. The van der Waals surface area contributed by atoms with Gasteiger partial charge in [-0.3, -0.25) is 4.79 Å². The van der Waals surface area contributed by atoms with Gasteiger partial charge < -0.3 is 13.9 Å². The molecule has 1 aliphatic rings. The zero-order chi connectivity index (χ0) is 18.8. The number of amides is 1. The molecule has 0 aliphatic carbocycles. The summed E-state index contributed by atoms with van der Waals surface area (Å²) in [6.45, 7) is 6.50. The van der Waals surface area contributed by atoms with E-state index in [2.05, 4.69) is 16.5 Å². The first-order valence-electron chi connectivity index (χ1n) is 9.63. The number of aromatic nitrogens is 2. The van der Waals surface area contributed by atoms with Gasteiger partial charge in [0.05, 0.1) is 0 Å². The number of benzene rings is 1. The number of aryl methyl sites for hydroxylation is 2. The quantitative estimate of drug-likeness (QED) is 0.686. The van der Waals surface area contributed by atoms with Gasteiger partial charge in [0.15, 0.2) is 0 Å². The summed E-state index contributed by atoms with van der Waals surface area (Å²) in [7, 11) is 0. The smallest absolute Gasteiger partial charge is 0.253 e. The summed E-state index contributed by atoms with van der Waals surface area (Å²) in [6, 6.07) is 11.6. The third-order valence-electron chi connectivity index (χ3n) is 5.32. The number of imidazole rings is 1. The van der Waals surface area contributed by atoms with Gasteiger partial charge in [-0.1, -0.05) is 12.1 Å².